The van der Waals surface area contributed by atoms with E-state index in [1.54, 1.807) is 0 Å². The smallest absolute Gasteiger partial charge is 0.332 e. The summed E-state index contributed by atoms with van der Waals surface area (Å²) < 4.78 is 0. The standard InChI is InChI=1S/C13H27N3O4/c1-9(2)16(10(3)4)8-7-15-13(20)14-6-5-11(17)12(18)19/h9-11,17H,5-8H2,1-4H3,(H,18,19)(H2,14,15,20). The van der Waals surface area contributed by atoms with Crippen molar-refractivity contribution in [3.05, 3.63) is 0 Å². The summed E-state index contributed by atoms with van der Waals surface area (Å²) >= 11 is 0. The second-order valence-corrected chi connectivity index (χ2v) is 5.25. The van der Waals surface area contributed by atoms with E-state index in [0.29, 0.717) is 18.6 Å². The zero-order valence-electron chi connectivity index (χ0n) is 12.7. The third-order valence-corrected chi connectivity index (χ3v) is 2.97. The van der Waals surface area contributed by atoms with E-state index in [1.165, 1.54) is 0 Å². The molecule has 1 atom stereocenters. The lowest BCUT2D eigenvalue weighted by atomic mass is 10.2. The molecule has 0 fully saturated rings. The molecule has 20 heavy (non-hydrogen) atoms. The number of nitrogens with one attached hydrogen (secondary N) is 2. The quantitative estimate of drug-likeness (QED) is 0.487. The minimum atomic E-state index is -1.44. The Morgan fingerprint density at radius 1 is 1.05 bits per heavy atom. The number of carbonyl (C=O) groups is 2. The second kappa shape index (κ2) is 9.55. The number of carboxylic acids is 1. The lowest BCUT2D eigenvalue weighted by molar-refractivity contribution is -0.146. The first-order chi connectivity index (χ1) is 9.25. The molecule has 7 nitrogen and oxygen atoms in total. The van der Waals surface area contributed by atoms with E-state index in [2.05, 4.69) is 43.2 Å². The van der Waals surface area contributed by atoms with E-state index >= 15 is 0 Å². The lowest BCUT2D eigenvalue weighted by Crippen LogP contribution is -2.45. The molecule has 118 valence electrons. The number of urea groups is 1. The topological polar surface area (TPSA) is 102 Å². The molecule has 1 unspecified atom stereocenters. The summed E-state index contributed by atoms with van der Waals surface area (Å²) in [4.78, 5) is 24.1. The van der Waals surface area contributed by atoms with Gasteiger partial charge >= 0.3 is 12.0 Å². The molecule has 7 heteroatoms. The Morgan fingerprint density at radius 2 is 1.55 bits per heavy atom. The number of carboxylic acid groups (broad SMARTS) is 1. The van der Waals surface area contributed by atoms with Gasteiger partial charge in [0.15, 0.2) is 6.10 Å². The third kappa shape index (κ3) is 7.96. The molecule has 0 rings (SSSR count). The SMILES string of the molecule is CC(C)N(CCNC(=O)NCCC(O)C(=O)O)C(C)C. The molecule has 0 saturated carbocycles. The van der Waals surface area contributed by atoms with Gasteiger partial charge in [0.05, 0.1) is 0 Å². The van der Waals surface area contributed by atoms with Gasteiger partial charge in [0.25, 0.3) is 0 Å². The summed E-state index contributed by atoms with van der Waals surface area (Å²) in [6.07, 6.45) is -1.44. The Kier molecular flexibility index (Phi) is 8.91. The van der Waals surface area contributed by atoms with Crippen LogP contribution in [0.4, 0.5) is 4.79 Å². The van der Waals surface area contributed by atoms with Crippen LogP contribution in [0.25, 0.3) is 0 Å². The molecule has 0 saturated heterocycles. The van der Waals surface area contributed by atoms with Crippen LogP contribution in [0.15, 0.2) is 0 Å². The molecular weight excluding hydrogens is 262 g/mol. The van der Waals surface area contributed by atoms with Gasteiger partial charge in [-0.15, -0.1) is 0 Å². The molecule has 0 heterocycles. The van der Waals surface area contributed by atoms with E-state index in [4.69, 9.17) is 10.2 Å². The fraction of sp³-hybridized carbons (Fsp3) is 0.846. The van der Waals surface area contributed by atoms with Crippen LogP contribution in [0.1, 0.15) is 34.1 Å². The van der Waals surface area contributed by atoms with E-state index in [-0.39, 0.29) is 19.0 Å². The fourth-order valence-corrected chi connectivity index (χ4v) is 1.92. The van der Waals surface area contributed by atoms with Gasteiger partial charge in [-0.2, -0.15) is 0 Å². The predicted molar refractivity (Wildman–Crippen MR) is 76.6 cm³/mol. The van der Waals surface area contributed by atoms with E-state index < -0.39 is 12.1 Å². The minimum absolute atomic E-state index is 0.00708. The molecule has 0 aromatic rings. The van der Waals surface area contributed by atoms with Gasteiger partial charge in [0, 0.05) is 38.1 Å². The van der Waals surface area contributed by atoms with Crippen molar-refractivity contribution < 1.29 is 19.8 Å². The lowest BCUT2D eigenvalue weighted by Gasteiger charge is -2.30. The Labute approximate surface area is 120 Å². The first-order valence-corrected chi connectivity index (χ1v) is 6.94. The molecule has 4 N–H and O–H groups in total. The molecule has 0 radical (unpaired) electrons. The van der Waals surface area contributed by atoms with Gasteiger partial charge in [0.1, 0.15) is 0 Å². The summed E-state index contributed by atoms with van der Waals surface area (Å²) in [7, 11) is 0. The zero-order chi connectivity index (χ0) is 15.7. The Morgan fingerprint density at radius 3 is 2.00 bits per heavy atom. The van der Waals surface area contributed by atoms with Crippen LogP contribution in [0.3, 0.4) is 0 Å². The average Bonchev–Trinajstić information content (AvgIpc) is 2.33. The summed E-state index contributed by atoms with van der Waals surface area (Å²) in [5.74, 6) is -1.28. The van der Waals surface area contributed by atoms with Gasteiger partial charge in [-0.3, -0.25) is 4.90 Å². The number of aliphatic hydroxyl groups excluding tert-OH is 1. The number of aliphatic carboxylic acids is 1. The molecule has 0 spiro atoms. The van der Waals surface area contributed by atoms with Gasteiger partial charge in [-0.25, -0.2) is 9.59 Å². The van der Waals surface area contributed by atoms with Gasteiger partial charge in [0.2, 0.25) is 0 Å². The van der Waals surface area contributed by atoms with Crippen molar-refractivity contribution in [1.82, 2.24) is 15.5 Å². The van der Waals surface area contributed by atoms with Gasteiger partial charge in [-0.1, -0.05) is 0 Å². The van der Waals surface area contributed by atoms with Crippen LogP contribution in [-0.2, 0) is 4.79 Å². The van der Waals surface area contributed by atoms with Crippen LogP contribution in [0.2, 0.25) is 0 Å². The zero-order valence-corrected chi connectivity index (χ0v) is 12.7. The minimum Gasteiger partial charge on any atom is -0.479 e. The highest BCUT2D eigenvalue weighted by Gasteiger charge is 2.14. The molecule has 0 aliphatic carbocycles. The van der Waals surface area contributed by atoms with E-state index in [9.17, 15) is 9.59 Å². The largest absolute Gasteiger partial charge is 0.479 e. The van der Waals surface area contributed by atoms with E-state index in [1.807, 2.05) is 0 Å². The van der Waals surface area contributed by atoms with Crippen molar-refractivity contribution in [2.45, 2.75) is 52.3 Å². The van der Waals surface area contributed by atoms with Crippen LogP contribution >= 0.6 is 0 Å². The highest BCUT2D eigenvalue weighted by Crippen LogP contribution is 2.03. The first-order valence-electron chi connectivity index (χ1n) is 6.94. The number of amides is 2. The average molecular weight is 289 g/mol. The van der Waals surface area contributed by atoms with Crippen LogP contribution in [0.5, 0.6) is 0 Å². The van der Waals surface area contributed by atoms with Crippen LogP contribution < -0.4 is 10.6 Å². The second-order valence-electron chi connectivity index (χ2n) is 5.25. The molecular formula is C13H27N3O4. The van der Waals surface area contributed by atoms with Gasteiger partial charge < -0.3 is 20.8 Å². The number of aliphatic hydroxyl groups is 1. The number of hydrogen-bond acceptors (Lipinski definition) is 4. The van der Waals surface area contributed by atoms with Crippen LogP contribution in [-0.4, -0.2) is 64.9 Å². The van der Waals surface area contributed by atoms with E-state index in [0.717, 1.165) is 6.54 Å². The summed E-state index contributed by atoms with van der Waals surface area (Å²) in [6.45, 7) is 9.81. The molecule has 0 aliphatic heterocycles. The van der Waals surface area contributed by atoms with Gasteiger partial charge in [-0.05, 0) is 27.7 Å². The Balaban J connectivity index is 3.80. The normalized spacial score (nSPS) is 12.8. The number of hydrogen-bond donors (Lipinski definition) is 4. The first kappa shape index (κ1) is 18.7. The predicted octanol–water partition coefficient (Wildman–Crippen LogP) is 0.240. The molecule has 0 aliphatic rings. The Bertz CT molecular complexity index is 300. The number of rotatable bonds is 9. The number of nitrogens with zero attached hydrogens (tertiary/aromatic N) is 1. The fourth-order valence-electron chi connectivity index (χ4n) is 1.92. The number of carbonyl (C=O) groups excluding carboxylic acids is 1. The molecule has 2 amide bonds. The highest BCUT2D eigenvalue weighted by atomic mass is 16.4. The highest BCUT2D eigenvalue weighted by molar-refractivity contribution is 5.74. The molecule has 0 aromatic carbocycles. The van der Waals surface area contributed by atoms with Crippen molar-refractivity contribution in [1.29, 1.82) is 0 Å². The maximum atomic E-state index is 11.4. The monoisotopic (exact) mass is 289 g/mol. The summed E-state index contributed by atoms with van der Waals surface area (Å²) in [5, 5.41) is 22.7. The Hall–Kier alpha value is -1.34. The van der Waals surface area contributed by atoms with Crippen molar-refractivity contribution in [3.63, 3.8) is 0 Å². The molecule has 0 bridgehead atoms. The van der Waals surface area contributed by atoms with Crippen LogP contribution in [0, 0.1) is 0 Å². The van der Waals surface area contributed by atoms with Crippen molar-refractivity contribution >= 4 is 12.0 Å². The maximum Gasteiger partial charge on any atom is 0.332 e. The maximum absolute atomic E-state index is 11.4. The van der Waals surface area contributed by atoms with Crippen molar-refractivity contribution in [2.75, 3.05) is 19.6 Å². The summed E-state index contributed by atoms with van der Waals surface area (Å²) in [6, 6.07) is 0.464. The van der Waals surface area contributed by atoms with Crippen molar-refractivity contribution in [2.24, 2.45) is 0 Å². The van der Waals surface area contributed by atoms with Crippen molar-refractivity contribution in [3.8, 4) is 0 Å². The molecule has 0 aromatic heterocycles. The summed E-state index contributed by atoms with van der Waals surface area (Å²) in [5.41, 5.74) is 0. The third-order valence-electron chi connectivity index (χ3n) is 2.97.